The van der Waals surface area contributed by atoms with Crippen molar-refractivity contribution in [2.24, 2.45) is 0 Å². The predicted octanol–water partition coefficient (Wildman–Crippen LogP) is 4.66. The molecule has 1 unspecified atom stereocenters. The second-order valence-electron chi connectivity index (χ2n) is 4.36. The summed E-state index contributed by atoms with van der Waals surface area (Å²) in [6.07, 6.45) is 1.10. The zero-order chi connectivity index (χ0) is 14.7. The zero-order valence-electron chi connectivity index (χ0n) is 11.2. The number of thioether (sulfide) groups is 1. The van der Waals surface area contributed by atoms with Gasteiger partial charge in [-0.05, 0) is 18.6 Å². The van der Waals surface area contributed by atoms with Crippen LogP contribution in [0, 0.1) is 0 Å². The fourth-order valence-electron chi connectivity index (χ4n) is 1.53. The molecule has 0 bridgehead atoms. The van der Waals surface area contributed by atoms with E-state index in [1.165, 1.54) is 0 Å². The lowest BCUT2D eigenvalue weighted by atomic mass is 10.2. The molecule has 0 saturated heterocycles. The first kappa shape index (κ1) is 15.5. The van der Waals surface area contributed by atoms with E-state index in [2.05, 4.69) is 24.0 Å². The van der Waals surface area contributed by atoms with Gasteiger partial charge >= 0.3 is 0 Å². The van der Waals surface area contributed by atoms with Gasteiger partial charge in [0.1, 0.15) is 0 Å². The van der Waals surface area contributed by atoms with Gasteiger partial charge in [0.2, 0.25) is 0 Å². The van der Waals surface area contributed by atoms with Crippen LogP contribution in [0.15, 0.2) is 16.7 Å². The molecule has 0 aliphatic rings. The lowest BCUT2D eigenvalue weighted by molar-refractivity contribution is 0.425. The van der Waals surface area contributed by atoms with Crippen LogP contribution in [0.2, 0.25) is 10.0 Å². The van der Waals surface area contributed by atoms with Crippen molar-refractivity contribution in [2.45, 2.75) is 31.3 Å². The Bertz CT molecular complexity index is 603. The third kappa shape index (κ3) is 3.40. The molecule has 0 spiro atoms. The summed E-state index contributed by atoms with van der Waals surface area (Å²) < 4.78 is 5.24. The number of rotatable bonds is 5. The number of aromatic nitrogens is 2. The molecule has 0 aliphatic heterocycles. The van der Waals surface area contributed by atoms with E-state index in [0.717, 1.165) is 6.42 Å². The second kappa shape index (κ2) is 6.70. The summed E-state index contributed by atoms with van der Waals surface area (Å²) in [6, 6.07) is 3.30. The third-order valence-electron chi connectivity index (χ3n) is 2.90. The maximum atomic E-state index is 6.12. The maximum absolute atomic E-state index is 6.12. The number of halogens is 2. The van der Waals surface area contributed by atoms with Crippen LogP contribution in [-0.2, 0) is 5.75 Å². The molecule has 108 valence electrons. The molecule has 1 heterocycles. The summed E-state index contributed by atoms with van der Waals surface area (Å²) in [4.78, 5) is 4.33. The molecule has 1 aromatic heterocycles. The van der Waals surface area contributed by atoms with Crippen molar-refractivity contribution in [3.05, 3.63) is 28.0 Å². The topological polar surface area (TPSA) is 64.9 Å². The Morgan fingerprint density at radius 1 is 1.35 bits per heavy atom. The average molecular weight is 332 g/mol. The summed E-state index contributed by atoms with van der Waals surface area (Å²) in [5.74, 6) is 1.62. The van der Waals surface area contributed by atoms with Crippen molar-refractivity contribution in [3.63, 3.8) is 0 Å². The summed E-state index contributed by atoms with van der Waals surface area (Å²) in [5, 5.41) is 5.36. The van der Waals surface area contributed by atoms with Crippen LogP contribution in [0.25, 0.3) is 11.5 Å². The first-order chi connectivity index (χ1) is 9.52. The van der Waals surface area contributed by atoms with Crippen molar-refractivity contribution >= 4 is 40.7 Å². The van der Waals surface area contributed by atoms with Crippen molar-refractivity contribution in [1.29, 1.82) is 0 Å². The van der Waals surface area contributed by atoms with Gasteiger partial charge in [-0.15, -0.1) is 0 Å². The minimum absolute atomic E-state index is 0.301. The summed E-state index contributed by atoms with van der Waals surface area (Å²) in [6.45, 7) is 4.31. The fourth-order valence-corrected chi connectivity index (χ4v) is 2.72. The molecule has 0 saturated carbocycles. The van der Waals surface area contributed by atoms with Gasteiger partial charge in [0.15, 0.2) is 5.82 Å². The molecule has 7 heteroatoms. The van der Waals surface area contributed by atoms with Gasteiger partial charge in [-0.3, -0.25) is 0 Å². The summed E-state index contributed by atoms with van der Waals surface area (Å²) in [5.41, 5.74) is 6.76. The Balaban J connectivity index is 2.23. The SMILES string of the molecule is CCC(C)SCc1noc(-c2c(Cl)ccc(Cl)c2N)n1. The number of nitrogens with zero attached hydrogens (tertiary/aromatic N) is 2. The Morgan fingerprint density at radius 2 is 2.05 bits per heavy atom. The first-order valence-electron chi connectivity index (χ1n) is 6.21. The lowest BCUT2D eigenvalue weighted by Gasteiger charge is -2.05. The average Bonchev–Trinajstić information content (AvgIpc) is 2.89. The highest BCUT2D eigenvalue weighted by atomic mass is 35.5. The lowest BCUT2D eigenvalue weighted by Crippen LogP contribution is -1.95. The molecular formula is C13H15Cl2N3OS. The van der Waals surface area contributed by atoms with E-state index in [1.54, 1.807) is 23.9 Å². The van der Waals surface area contributed by atoms with E-state index in [0.29, 0.717) is 44.0 Å². The number of nitrogen functional groups attached to an aromatic ring is 1. The van der Waals surface area contributed by atoms with Gasteiger partial charge in [-0.25, -0.2) is 0 Å². The fraction of sp³-hybridized carbons (Fsp3) is 0.385. The van der Waals surface area contributed by atoms with Gasteiger partial charge in [-0.1, -0.05) is 42.2 Å². The quantitative estimate of drug-likeness (QED) is 0.807. The number of benzene rings is 1. The third-order valence-corrected chi connectivity index (χ3v) is 4.87. The van der Waals surface area contributed by atoms with Crippen LogP contribution in [-0.4, -0.2) is 15.4 Å². The van der Waals surface area contributed by atoms with Crippen molar-refractivity contribution in [2.75, 3.05) is 5.73 Å². The first-order valence-corrected chi connectivity index (χ1v) is 8.01. The van der Waals surface area contributed by atoms with E-state index < -0.39 is 0 Å². The molecule has 0 radical (unpaired) electrons. The maximum Gasteiger partial charge on any atom is 0.261 e. The van der Waals surface area contributed by atoms with Crippen LogP contribution in [0.4, 0.5) is 5.69 Å². The van der Waals surface area contributed by atoms with E-state index >= 15 is 0 Å². The number of hydrogen-bond donors (Lipinski definition) is 1. The summed E-state index contributed by atoms with van der Waals surface area (Å²) >= 11 is 13.9. The predicted molar refractivity (Wildman–Crippen MR) is 85.2 cm³/mol. The van der Waals surface area contributed by atoms with E-state index in [-0.39, 0.29) is 0 Å². The van der Waals surface area contributed by atoms with E-state index in [9.17, 15) is 0 Å². The molecule has 20 heavy (non-hydrogen) atoms. The highest BCUT2D eigenvalue weighted by Gasteiger charge is 2.17. The van der Waals surface area contributed by atoms with Gasteiger partial charge in [0, 0.05) is 5.25 Å². The monoisotopic (exact) mass is 331 g/mol. The van der Waals surface area contributed by atoms with Crippen LogP contribution in [0.5, 0.6) is 0 Å². The number of hydrogen-bond acceptors (Lipinski definition) is 5. The van der Waals surface area contributed by atoms with E-state index in [1.807, 2.05) is 0 Å². The molecule has 2 rings (SSSR count). The standard InChI is InChI=1S/C13H15Cl2N3OS/c1-3-7(2)20-6-10-17-13(19-18-10)11-8(14)4-5-9(15)12(11)16/h4-5,7H,3,6,16H2,1-2H3. The molecule has 4 nitrogen and oxygen atoms in total. The minimum atomic E-state index is 0.301. The zero-order valence-corrected chi connectivity index (χ0v) is 13.5. The second-order valence-corrected chi connectivity index (χ2v) is 6.60. The van der Waals surface area contributed by atoms with Crippen LogP contribution < -0.4 is 5.73 Å². The van der Waals surface area contributed by atoms with Crippen molar-refractivity contribution < 1.29 is 4.52 Å². The molecule has 2 N–H and O–H groups in total. The van der Waals surface area contributed by atoms with E-state index in [4.69, 9.17) is 33.5 Å². The Labute approximate surface area is 132 Å². The van der Waals surface area contributed by atoms with Gasteiger partial charge in [-0.2, -0.15) is 16.7 Å². The molecule has 1 aromatic carbocycles. The Morgan fingerprint density at radius 3 is 2.75 bits per heavy atom. The van der Waals surface area contributed by atoms with Crippen LogP contribution >= 0.6 is 35.0 Å². The minimum Gasteiger partial charge on any atom is -0.397 e. The molecule has 1 atom stereocenters. The normalized spacial score (nSPS) is 12.6. The van der Waals surface area contributed by atoms with Crippen molar-refractivity contribution in [1.82, 2.24) is 10.1 Å². The molecule has 0 aliphatic carbocycles. The van der Waals surface area contributed by atoms with Crippen LogP contribution in [0.3, 0.4) is 0 Å². The highest BCUT2D eigenvalue weighted by molar-refractivity contribution is 7.99. The number of nitrogens with two attached hydrogens (primary N) is 1. The highest BCUT2D eigenvalue weighted by Crippen LogP contribution is 2.36. The van der Waals surface area contributed by atoms with Crippen molar-refractivity contribution in [3.8, 4) is 11.5 Å². The molecular weight excluding hydrogens is 317 g/mol. The molecule has 0 fully saturated rings. The Hall–Kier alpha value is -0.910. The van der Waals surface area contributed by atoms with Gasteiger partial charge in [0.05, 0.1) is 27.0 Å². The smallest absolute Gasteiger partial charge is 0.261 e. The number of anilines is 1. The molecule has 0 amide bonds. The largest absolute Gasteiger partial charge is 0.397 e. The Kier molecular flexibility index (Phi) is 5.18. The van der Waals surface area contributed by atoms with Gasteiger partial charge < -0.3 is 10.3 Å². The van der Waals surface area contributed by atoms with Gasteiger partial charge in [0.25, 0.3) is 5.89 Å². The molecule has 2 aromatic rings. The summed E-state index contributed by atoms with van der Waals surface area (Å²) in [7, 11) is 0. The van der Waals surface area contributed by atoms with Crippen LogP contribution in [0.1, 0.15) is 26.1 Å².